The van der Waals surface area contributed by atoms with Crippen LogP contribution < -0.4 is 5.32 Å². The Morgan fingerprint density at radius 1 is 1.53 bits per heavy atom. The molecule has 108 valence electrons. The number of aryl methyl sites for hydroxylation is 2. The Morgan fingerprint density at radius 3 is 2.84 bits per heavy atom. The van der Waals surface area contributed by atoms with E-state index in [4.69, 9.17) is 0 Å². The van der Waals surface area contributed by atoms with Crippen LogP contribution in [-0.4, -0.2) is 40.4 Å². The van der Waals surface area contributed by atoms with Crippen LogP contribution in [0.2, 0.25) is 0 Å². The Labute approximate surface area is 117 Å². The minimum Gasteiger partial charge on any atom is -0.313 e. The minimum atomic E-state index is 0.447. The van der Waals surface area contributed by atoms with Gasteiger partial charge < -0.3 is 5.32 Å². The van der Waals surface area contributed by atoms with Crippen molar-refractivity contribution in [1.29, 1.82) is 0 Å². The first-order chi connectivity index (χ1) is 9.11. The Hall–Kier alpha value is -0.870. The lowest BCUT2D eigenvalue weighted by molar-refractivity contribution is 0.184. The molecule has 0 spiro atoms. The third-order valence-electron chi connectivity index (χ3n) is 4.32. The Morgan fingerprint density at radius 2 is 2.32 bits per heavy atom. The molecule has 1 aromatic heterocycles. The van der Waals surface area contributed by atoms with Gasteiger partial charge in [-0.05, 0) is 39.8 Å². The van der Waals surface area contributed by atoms with Crippen LogP contribution in [0.15, 0.2) is 6.20 Å². The van der Waals surface area contributed by atoms with Crippen molar-refractivity contribution >= 4 is 0 Å². The van der Waals surface area contributed by atoms with Crippen molar-refractivity contribution in [2.75, 3.05) is 19.6 Å². The second-order valence-corrected chi connectivity index (χ2v) is 5.75. The lowest BCUT2D eigenvalue weighted by Crippen LogP contribution is -2.44. The zero-order chi connectivity index (χ0) is 13.8. The Balaban J connectivity index is 2.01. The smallest absolute Gasteiger partial charge is 0.0641 e. The average molecular weight is 264 g/mol. The van der Waals surface area contributed by atoms with E-state index in [-0.39, 0.29) is 0 Å². The molecule has 1 aromatic rings. The molecule has 1 aliphatic rings. The van der Waals surface area contributed by atoms with Crippen LogP contribution in [-0.2, 0) is 7.05 Å². The molecule has 0 bridgehead atoms. The average Bonchev–Trinajstić information content (AvgIpc) is 2.75. The molecule has 1 N–H and O–H groups in total. The van der Waals surface area contributed by atoms with Gasteiger partial charge in [0.15, 0.2) is 0 Å². The summed E-state index contributed by atoms with van der Waals surface area (Å²) in [6, 6.07) is 1.11. The molecule has 4 heteroatoms. The number of piperidine rings is 1. The molecule has 0 saturated carbocycles. The number of aromatic nitrogens is 2. The molecule has 1 saturated heterocycles. The van der Waals surface area contributed by atoms with E-state index in [2.05, 4.69) is 42.3 Å². The first-order valence-corrected chi connectivity index (χ1v) is 7.59. The highest BCUT2D eigenvalue weighted by atomic mass is 15.3. The van der Waals surface area contributed by atoms with Crippen LogP contribution in [0.25, 0.3) is 0 Å². The van der Waals surface area contributed by atoms with Gasteiger partial charge in [-0.25, -0.2) is 0 Å². The molecule has 0 radical (unpaired) electrons. The van der Waals surface area contributed by atoms with E-state index in [1.54, 1.807) is 0 Å². The Kier molecular flexibility index (Phi) is 4.99. The molecule has 2 atom stereocenters. The van der Waals surface area contributed by atoms with E-state index in [9.17, 15) is 0 Å². The van der Waals surface area contributed by atoms with Crippen LogP contribution in [0.4, 0.5) is 0 Å². The predicted molar refractivity (Wildman–Crippen MR) is 79.2 cm³/mol. The van der Waals surface area contributed by atoms with E-state index in [0.717, 1.165) is 18.8 Å². The fourth-order valence-electron chi connectivity index (χ4n) is 3.15. The maximum absolute atomic E-state index is 4.47. The van der Waals surface area contributed by atoms with Gasteiger partial charge in [0.1, 0.15) is 0 Å². The van der Waals surface area contributed by atoms with Crippen molar-refractivity contribution < 1.29 is 0 Å². The molecule has 0 amide bonds. The van der Waals surface area contributed by atoms with Crippen LogP contribution in [0.5, 0.6) is 0 Å². The van der Waals surface area contributed by atoms with Gasteiger partial charge in [-0.2, -0.15) is 5.10 Å². The summed E-state index contributed by atoms with van der Waals surface area (Å²) in [5.74, 6) is 0. The van der Waals surface area contributed by atoms with Crippen molar-refractivity contribution in [3.05, 3.63) is 17.5 Å². The highest BCUT2D eigenvalue weighted by Crippen LogP contribution is 2.23. The van der Waals surface area contributed by atoms with E-state index < -0.39 is 0 Å². The topological polar surface area (TPSA) is 33.1 Å². The number of nitrogens with one attached hydrogen (secondary N) is 1. The molecule has 2 heterocycles. The van der Waals surface area contributed by atoms with E-state index in [1.165, 1.54) is 31.4 Å². The predicted octanol–water partition coefficient (Wildman–Crippen LogP) is 2.25. The van der Waals surface area contributed by atoms with Gasteiger partial charge >= 0.3 is 0 Å². The van der Waals surface area contributed by atoms with Gasteiger partial charge in [0, 0.05) is 37.4 Å². The highest BCUT2D eigenvalue weighted by molar-refractivity contribution is 5.19. The third kappa shape index (κ3) is 3.57. The lowest BCUT2D eigenvalue weighted by atomic mass is 10.0. The van der Waals surface area contributed by atoms with Crippen LogP contribution in [0.3, 0.4) is 0 Å². The summed E-state index contributed by atoms with van der Waals surface area (Å²) in [6.07, 6.45) is 6.18. The summed E-state index contributed by atoms with van der Waals surface area (Å²) in [4.78, 5) is 2.56. The zero-order valence-electron chi connectivity index (χ0n) is 12.8. The lowest BCUT2D eigenvalue weighted by Gasteiger charge is -2.33. The third-order valence-corrected chi connectivity index (χ3v) is 4.32. The van der Waals surface area contributed by atoms with Gasteiger partial charge in [0.25, 0.3) is 0 Å². The fraction of sp³-hybridized carbons (Fsp3) is 0.800. The molecule has 19 heavy (non-hydrogen) atoms. The normalized spacial score (nSPS) is 21.8. The summed E-state index contributed by atoms with van der Waals surface area (Å²) in [5.41, 5.74) is 2.52. The van der Waals surface area contributed by atoms with Gasteiger partial charge in [-0.15, -0.1) is 0 Å². The number of hydrogen-bond acceptors (Lipinski definition) is 3. The van der Waals surface area contributed by atoms with Crippen molar-refractivity contribution in [3.8, 4) is 0 Å². The quantitative estimate of drug-likeness (QED) is 0.885. The van der Waals surface area contributed by atoms with Crippen molar-refractivity contribution in [2.24, 2.45) is 7.05 Å². The second-order valence-electron chi connectivity index (χ2n) is 5.75. The molecule has 0 aromatic carbocycles. The summed E-state index contributed by atoms with van der Waals surface area (Å²) in [5, 5.41) is 8.12. The van der Waals surface area contributed by atoms with Gasteiger partial charge in [-0.1, -0.05) is 13.3 Å². The fourth-order valence-corrected chi connectivity index (χ4v) is 3.15. The number of likely N-dealkylation sites (N-methyl/N-ethyl adjacent to an activating group) is 1. The first-order valence-electron chi connectivity index (χ1n) is 7.59. The summed E-state index contributed by atoms with van der Waals surface area (Å²) >= 11 is 0. The standard InChI is InChI=1S/C15H28N4/c1-5-19(10-14-8-6-7-9-16-14)13(3)15-11-18(4)17-12(15)2/h11,13-14,16H,5-10H2,1-4H3. The second kappa shape index (κ2) is 6.53. The van der Waals surface area contributed by atoms with E-state index >= 15 is 0 Å². The van der Waals surface area contributed by atoms with Crippen molar-refractivity contribution in [3.63, 3.8) is 0 Å². The van der Waals surface area contributed by atoms with Crippen LogP contribution in [0.1, 0.15) is 50.4 Å². The minimum absolute atomic E-state index is 0.447. The van der Waals surface area contributed by atoms with Gasteiger partial charge in [-0.3, -0.25) is 9.58 Å². The van der Waals surface area contributed by atoms with Crippen LogP contribution >= 0.6 is 0 Å². The monoisotopic (exact) mass is 264 g/mol. The molecule has 2 unspecified atom stereocenters. The molecule has 0 aliphatic carbocycles. The van der Waals surface area contributed by atoms with E-state index in [0.29, 0.717) is 12.1 Å². The zero-order valence-corrected chi connectivity index (χ0v) is 12.8. The molecule has 1 aliphatic heterocycles. The maximum Gasteiger partial charge on any atom is 0.0641 e. The first kappa shape index (κ1) is 14.5. The maximum atomic E-state index is 4.47. The van der Waals surface area contributed by atoms with Gasteiger partial charge in [0.2, 0.25) is 0 Å². The number of nitrogens with zero attached hydrogens (tertiary/aromatic N) is 3. The molecule has 4 nitrogen and oxygen atoms in total. The summed E-state index contributed by atoms with van der Waals surface area (Å²) < 4.78 is 1.92. The summed E-state index contributed by atoms with van der Waals surface area (Å²) in [6.45, 7) is 10.1. The number of hydrogen-bond donors (Lipinski definition) is 1. The highest BCUT2D eigenvalue weighted by Gasteiger charge is 2.22. The molecular formula is C15H28N4. The van der Waals surface area contributed by atoms with Crippen molar-refractivity contribution in [2.45, 2.75) is 52.1 Å². The van der Waals surface area contributed by atoms with Crippen LogP contribution in [0, 0.1) is 6.92 Å². The number of rotatable bonds is 5. The largest absolute Gasteiger partial charge is 0.313 e. The van der Waals surface area contributed by atoms with Crippen molar-refractivity contribution in [1.82, 2.24) is 20.0 Å². The van der Waals surface area contributed by atoms with E-state index in [1.807, 2.05) is 11.7 Å². The Bertz CT molecular complexity index is 393. The SMILES string of the molecule is CCN(CC1CCCCN1)C(C)c1cn(C)nc1C. The summed E-state index contributed by atoms with van der Waals surface area (Å²) in [7, 11) is 2.00. The van der Waals surface area contributed by atoms with Gasteiger partial charge in [0.05, 0.1) is 5.69 Å². The molecular weight excluding hydrogens is 236 g/mol. The molecule has 1 fully saturated rings. The molecule has 2 rings (SSSR count).